The Hall–Kier alpha value is -2.33. The molecule has 1 amide bonds. The van der Waals surface area contributed by atoms with E-state index in [1.807, 2.05) is 32.0 Å². The molecule has 3 rings (SSSR count). The van der Waals surface area contributed by atoms with Crippen LogP contribution in [0.2, 0.25) is 0 Å². The van der Waals surface area contributed by atoms with Crippen LogP contribution in [0.4, 0.5) is 5.69 Å². The molecule has 2 aromatic carbocycles. The maximum absolute atomic E-state index is 12.4. The first-order valence-electron chi connectivity index (χ1n) is 9.42. The third-order valence-electron chi connectivity index (χ3n) is 5.09. The van der Waals surface area contributed by atoms with Crippen LogP contribution in [-0.2, 0) is 0 Å². The van der Waals surface area contributed by atoms with Gasteiger partial charge in [0.15, 0.2) is 0 Å². The van der Waals surface area contributed by atoms with Crippen molar-refractivity contribution in [3.05, 3.63) is 64.7 Å². The minimum atomic E-state index is 0.0320. The molecule has 1 aliphatic heterocycles. The number of carbonyl (C=O) groups excluding carboxylic acids is 1. The predicted molar refractivity (Wildman–Crippen MR) is 108 cm³/mol. The summed E-state index contributed by atoms with van der Waals surface area (Å²) in [5, 5.41) is 3.07. The predicted octanol–water partition coefficient (Wildman–Crippen LogP) is 3.16. The molecule has 0 radical (unpaired) electrons. The third kappa shape index (κ3) is 4.64. The van der Waals surface area contributed by atoms with Crippen molar-refractivity contribution >= 4 is 11.6 Å². The maximum atomic E-state index is 12.4. The number of anilines is 1. The number of carbonyl (C=O) groups is 1. The minimum Gasteiger partial charge on any atom is -0.369 e. The Kier molecular flexibility index (Phi) is 5.94. The molecule has 0 bridgehead atoms. The summed E-state index contributed by atoms with van der Waals surface area (Å²) in [6.45, 7) is 11.9. The zero-order valence-corrected chi connectivity index (χ0v) is 16.1. The summed E-state index contributed by atoms with van der Waals surface area (Å²) in [5.41, 5.74) is 5.55. The molecule has 138 valence electrons. The highest BCUT2D eigenvalue weighted by atomic mass is 16.1. The first kappa shape index (κ1) is 18.5. The number of piperazine rings is 1. The van der Waals surface area contributed by atoms with Gasteiger partial charge in [-0.2, -0.15) is 0 Å². The number of hydrogen-bond acceptors (Lipinski definition) is 3. The Morgan fingerprint density at radius 3 is 2.42 bits per heavy atom. The Morgan fingerprint density at radius 1 is 0.962 bits per heavy atom. The fourth-order valence-corrected chi connectivity index (χ4v) is 3.46. The largest absolute Gasteiger partial charge is 0.369 e. The average Bonchev–Trinajstić information content (AvgIpc) is 2.64. The monoisotopic (exact) mass is 351 g/mol. The van der Waals surface area contributed by atoms with Gasteiger partial charge in [-0.3, -0.25) is 9.69 Å². The van der Waals surface area contributed by atoms with Gasteiger partial charge in [-0.1, -0.05) is 29.8 Å². The smallest absolute Gasteiger partial charge is 0.251 e. The quantitative estimate of drug-likeness (QED) is 0.899. The lowest BCUT2D eigenvalue weighted by molar-refractivity contribution is 0.0947. The summed E-state index contributed by atoms with van der Waals surface area (Å²) in [6, 6.07) is 14.7. The Bertz CT molecular complexity index is 764. The van der Waals surface area contributed by atoms with E-state index in [2.05, 4.69) is 46.3 Å². The maximum Gasteiger partial charge on any atom is 0.251 e. The van der Waals surface area contributed by atoms with Crippen molar-refractivity contribution in [2.24, 2.45) is 0 Å². The molecule has 0 aliphatic carbocycles. The lowest BCUT2D eigenvalue weighted by Crippen LogP contribution is -2.48. The Balaban J connectivity index is 1.44. The van der Waals surface area contributed by atoms with Gasteiger partial charge >= 0.3 is 0 Å². The number of hydrogen-bond donors (Lipinski definition) is 1. The molecule has 4 nitrogen and oxygen atoms in total. The number of amides is 1. The van der Waals surface area contributed by atoms with Crippen molar-refractivity contribution in [3.63, 3.8) is 0 Å². The summed E-state index contributed by atoms with van der Waals surface area (Å²) in [5.74, 6) is 0.0320. The fourth-order valence-electron chi connectivity index (χ4n) is 3.46. The number of nitrogens with one attached hydrogen (secondary N) is 1. The van der Waals surface area contributed by atoms with E-state index < -0.39 is 0 Å². The van der Waals surface area contributed by atoms with Crippen molar-refractivity contribution < 1.29 is 4.79 Å². The van der Waals surface area contributed by atoms with Gasteiger partial charge in [0.05, 0.1) is 0 Å². The standard InChI is InChI=1S/C22H29N3O/c1-17-5-4-6-20(15-17)25-13-11-24(12-14-25)10-9-23-22(26)21-16-18(2)7-8-19(21)3/h4-8,15-16H,9-14H2,1-3H3,(H,23,26). The van der Waals surface area contributed by atoms with Crippen LogP contribution in [0.15, 0.2) is 42.5 Å². The molecule has 2 aromatic rings. The number of benzene rings is 2. The van der Waals surface area contributed by atoms with E-state index in [4.69, 9.17) is 0 Å². The zero-order valence-electron chi connectivity index (χ0n) is 16.1. The normalized spacial score (nSPS) is 15.1. The second kappa shape index (κ2) is 8.37. The van der Waals surface area contributed by atoms with Crippen LogP contribution < -0.4 is 10.2 Å². The average molecular weight is 351 g/mol. The molecule has 0 unspecified atom stereocenters. The van der Waals surface area contributed by atoms with Gasteiger partial charge in [-0.15, -0.1) is 0 Å². The molecule has 0 saturated carbocycles. The molecular weight excluding hydrogens is 322 g/mol. The Labute approximate surface area is 156 Å². The van der Waals surface area contributed by atoms with Crippen LogP contribution in [0.25, 0.3) is 0 Å². The highest BCUT2D eigenvalue weighted by Gasteiger charge is 2.17. The van der Waals surface area contributed by atoms with Gasteiger partial charge in [0.1, 0.15) is 0 Å². The van der Waals surface area contributed by atoms with E-state index in [0.717, 1.165) is 49.4 Å². The van der Waals surface area contributed by atoms with Crippen LogP contribution in [0.1, 0.15) is 27.0 Å². The fraction of sp³-hybridized carbons (Fsp3) is 0.409. The Morgan fingerprint density at radius 2 is 1.69 bits per heavy atom. The lowest BCUT2D eigenvalue weighted by Gasteiger charge is -2.36. The van der Waals surface area contributed by atoms with Gasteiger partial charge in [-0.25, -0.2) is 0 Å². The molecule has 1 heterocycles. The number of nitrogens with zero attached hydrogens (tertiary/aromatic N) is 2. The van der Waals surface area contributed by atoms with Gasteiger partial charge in [0, 0.05) is 50.5 Å². The molecule has 0 spiro atoms. The van der Waals surface area contributed by atoms with Crippen molar-refractivity contribution in [1.29, 1.82) is 0 Å². The van der Waals surface area contributed by atoms with Crippen LogP contribution in [0, 0.1) is 20.8 Å². The van der Waals surface area contributed by atoms with Gasteiger partial charge in [-0.05, 0) is 50.1 Å². The first-order chi connectivity index (χ1) is 12.5. The van der Waals surface area contributed by atoms with Gasteiger partial charge < -0.3 is 10.2 Å². The SMILES string of the molecule is Cc1cccc(N2CCN(CCNC(=O)c3cc(C)ccc3C)CC2)c1. The topological polar surface area (TPSA) is 35.6 Å². The lowest BCUT2D eigenvalue weighted by atomic mass is 10.1. The summed E-state index contributed by atoms with van der Waals surface area (Å²) in [6.07, 6.45) is 0. The van der Waals surface area contributed by atoms with E-state index in [1.165, 1.54) is 11.3 Å². The van der Waals surface area contributed by atoms with E-state index >= 15 is 0 Å². The van der Waals surface area contributed by atoms with Gasteiger partial charge in [0.25, 0.3) is 5.91 Å². The summed E-state index contributed by atoms with van der Waals surface area (Å²) in [4.78, 5) is 17.3. The van der Waals surface area contributed by atoms with Crippen LogP contribution in [0.3, 0.4) is 0 Å². The highest BCUT2D eigenvalue weighted by Crippen LogP contribution is 2.17. The molecule has 0 atom stereocenters. The third-order valence-corrected chi connectivity index (χ3v) is 5.09. The van der Waals surface area contributed by atoms with Crippen molar-refractivity contribution in [3.8, 4) is 0 Å². The molecule has 4 heteroatoms. The van der Waals surface area contributed by atoms with Crippen LogP contribution in [0.5, 0.6) is 0 Å². The molecule has 1 saturated heterocycles. The van der Waals surface area contributed by atoms with E-state index in [0.29, 0.717) is 6.54 Å². The van der Waals surface area contributed by atoms with Crippen LogP contribution >= 0.6 is 0 Å². The van der Waals surface area contributed by atoms with E-state index in [-0.39, 0.29) is 5.91 Å². The first-order valence-corrected chi connectivity index (χ1v) is 9.42. The van der Waals surface area contributed by atoms with E-state index in [1.54, 1.807) is 0 Å². The van der Waals surface area contributed by atoms with E-state index in [9.17, 15) is 4.79 Å². The summed E-state index contributed by atoms with van der Waals surface area (Å²) in [7, 11) is 0. The molecule has 26 heavy (non-hydrogen) atoms. The number of aryl methyl sites for hydroxylation is 3. The second-order valence-corrected chi connectivity index (χ2v) is 7.24. The molecular formula is C22H29N3O. The minimum absolute atomic E-state index is 0.0320. The molecule has 1 aliphatic rings. The molecule has 1 fully saturated rings. The van der Waals surface area contributed by atoms with Crippen molar-refractivity contribution in [2.45, 2.75) is 20.8 Å². The van der Waals surface area contributed by atoms with Gasteiger partial charge in [0.2, 0.25) is 0 Å². The molecule has 0 aromatic heterocycles. The summed E-state index contributed by atoms with van der Waals surface area (Å²) >= 11 is 0. The second-order valence-electron chi connectivity index (χ2n) is 7.24. The zero-order chi connectivity index (χ0) is 18.5. The highest BCUT2D eigenvalue weighted by molar-refractivity contribution is 5.95. The van der Waals surface area contributed by atoms with Crippen molar-refractivity contribution in [2.75, 3.05) is 44.2 Å². The van der Waals surface area contributed by atoms with Crippen LogP contribution in [-0.4, -0.2) is 50.1 Å². The molecule has 1 N–H and O–H groups in total. The van der Waals surface area contributed by atoms with Crippen molar-refractivity contribution in [1.82, 2.24) is 10.2 Å². The summed E-state index contributed by atoms with van der Waals surface area (Å²) < 4.78 is 0. The number of rotatable bonds is 5.